The van der Waals surface area contributed by atoms with Gasteiger partial charge in [-0.2, -0.15) is 0 Å². The second-order valence-electron chi connectivity index (χ2n) is 4.67. The molecule has 0 spiro atoms. The predicted octanol–water partition coefficient (Wildman–Crippen LogP) is 2.14. The summed E-state index contributed by atoms with van der Waals surface area (Å²) in [6.07, 6.45) is 1.18. The fraction of sp³-hybridized carbons (Fsp3) is 0.600. The number of hydrogen-bond acceptors (Lipinski definition) is 4. The van der Waals surface area contributed by atoms with Crippen molar-refractivity contribution in [1.29, 1.82) is 0 Å². The first-order chi connectivity index (χ1) is 9.21. The molecule has 1 aromatic rings. The van der Waals surface area contributed by atoms with Crippen LogP contribution in [-0.2, 0) is 6.54 Å². The lowest BCUT2D eigenvalue weighted by atomic mass is 10.2. The highest BCUT2D eigenvalue weighted by Crippen LogP contribution is 2.25. The Hall–Kier alpha value is -1.26. The number of methoxy groups -OCH3 is 2. The summed E-state index contributed by atoms with van der Waals surface area (Å²) in [7, 11) is 5.48. The molecule has 4 nitrogen and oxygen atoms in total. The Morgan fingerprint density at radius 2 is 1.95 bits per heavy atom. The van der Waals surface area contributed by atoms with E-state index >= 15 is 0 Å². The average Bonchev–Trinajstić information content (AvgIpc) is 2.44. The highest BCUT2D eigenvalue weighted by molar-refractivity contribution is 5.40. The third-order valence-electron chi connectivity index (χ3n) is 3.03. The molecule has 0 atom stereocenters. The normalized spacial score (nSPS) is 10.8. The van der Waals surface area contributed by atoms with Crippen molar-refractivity contribution in [2.75, 3.05) is 40.9 Å². The van der Waals surface area contributed by atoms with E-state index in [0.29, 0.717) is 0 Å². The molecule has 0 fully saturated rings. The Morgan fingerprint density at radius 1 is 1.16 bits per heavy atom. The van der Waals surface area contributed by atoms with Crippen molar-refractivity contribution in [3.05, 3.63) is 23.8 Å². The van der Waals surface area contributed by atoms with Crippen LogP contribution in [0.3, 0.4) is 0 Å². The molecule has 1 N–H and O–H groups in total. The molecule has 0 aliphatic heterocycles. The summed E-state index contributed by atoms with van der Waals surface area (Å²) in [5.41, 5.74) is 1.18. The molecule has 0 aromatic heterocycles. The fourth-order valence-corrected chi connectivity index (χ4v) is 1.92. The molecular weight excluding hydrogens is 240 g/mol. The molecule has 0 heterocycles. The van der Waals surface area contributed by atoms with Gasteiger partial charge in [-0.15, -0.1) is 0 Å². The van der Waals surface area contributed by atoms with Crippen LogP contribution >= 0.6 is 0 Å². The lowest BCUT2D eigenvalue weighted by Crippen LogP contribution is -2.29. The lowest BCUT2D eigenvalue weighted by Gasteiger charge is -2.19. The van der Waals surface area contributed by atoms with Gasteiger partial charge in [-0.25, -0.2) is 0 Å². The Balaban J connectivity index is 2.51. The summed E-state index contributed by atoms with van der Waals surface area (Å²) in [6, 6.07) is 5.97. The molecular formula is C15H26N2O2. The van der Waals surface area contributed by atoms with Crippen LogP contribution in [0.25, 0.3) is 0 Å². The maximum Gasteiger partial charge on any atom is 0.127 e. The second-order valence-corrected chi connectivity index (χ2v) is 4.67. The van der Waals surface area contributed by atoms with Crippen molar-refractivity contribution >= 4 is 0 Å². The molecule has 0 amide bonds. The minimum absolute atomic E-state index is 0.827. The third-order valence-corrected chi connectivity index (χ3v) is 3.03. The molecule has 19 heavy (non-hydrogen) atoms. The van der Waals surface area contributed by atoms with Gasteiger partial charge in [-0.05, 0) is 26.1 Å². The van der Waals surface area contributed by atoms with Crippen molar-refractivity contribution < 1.29 is 9.47 Å². The number of ether oxygens (including phenoxy) is 2. The summed E-state index contributed by atoms with van der Waals surface area (Å²) in [6.45, 7) is 6.18. The number of hydrogen-bond donors (Lipinski definition) is 1. The Morgan fingerprint density at radius 3 is 2.58 bits per heavy atom. The zero-order chi connectivity index (χ0) is 14.1. The van der Waals surface area contributed by atoms with Gasteiger partial charge >= 0.3 is 0 Å². The molecule has 0 unspecified atom stereocenters. The van der Waals surface area contributed by atoms with Crippen LogP contribution < -0.4 is 14.8 Å². The molecule has 1 rings (SSSR count). The van der Waals surface area contributed by atoms with Gasteiger partial charge in [-0.3, -0.25) is 0 Å². The first-order valence-electron chi connectivity index (χ1n) is 6.81. The maximum absolute atomic E-state index is 5.41. The van der Waals surface area contributed by atoms with E-state index in [9.17, 15) is 0 Å². The quantitative estimate of drug-likeness (QED) is 0.694. The van der Waals surface area contributed by atoms with Crippen molar-refractivity contribution in [2.24, 2.45) is 0 Å². The van der Waals surface area contributed by atoms with E-state index in [4.69, 9.17) is 9.47 Å². The number of likely N-dealkylation sites (N-methyl/N-ethyl adjacent to an activating group) is 1. The largest absolute Gasteiger partial charge is 0.497 e. The first kappa shape index (κ1) is 15.8. The van der Waals surface area contributed by atoms with Crippen molar-refractivity contribution in [3.63, 3.8) is 0 Å². The average molecular weight is 266 g/mol. The fourth-order valence-electron chi connectivity index (χ4n) is 1.92. The van der Waals surface area contributed by atoms with Crippen molar-refractivity contribution in [3.8, 4) is 11.5 Å². The SMILES string of the molecule is CCCNCCN(C)Cc1ccc(OC)cc1OC. The summed E-state index contributed by atoms with van der Waals surface area (Å²) in [4.78, 5) is 2.28. The van der Waals surface area contributed by atoms with E-state index in [-0.39, 0.29) is 0 Å². The van der Waals surface area contributed by atoms with E-state index in [1.165, 1.54) is 12.0 Å². The van der Waals surface area contributed by atoms with Gasteiger partial charge in [-0.1, -0.05) is 13.0 Å². The number of benzene rings is 1. The van der Waals surface area contributed by atoms with Gasteiger partial charge in [0.2, 0.25) is 0 Å². The van der Waals surface area contributed by atoms with E-state index in [1.807, 2.05) is 12.1 Å². The summed E-state index contributed by atoms with van der Waals surface area (Å²) in [5.74, 6) is 1.71. The third kappa shape index (κ3) is 5.49. The van der Waals surface area contributed by atoms with Gasteiger partial charge in [0.25, 0.3) is 0 Å². The smallest absolute Gasteiger partial charge is 0.127 e. The van der Waals surface area contributed by atoms with Crippen molar-refractivity contribution in [2.45, 2.75) is 19.9 Å². The van der Waals surface area contributed by atoms with Gasteiger partial charge in [0, 0.05) is 31.3 Å². The van der Waals surface area contributed by atoms with Crippen LogP contribution in [0.5, 0.6) is 11.5 Å². The monoisotopic (exact) mass is 266 g/mol. The second kappa shape index (κ2) is 8.77. The lowest BCUT2D eigenvalue weighted by molar-refractivity contribution is 0.314. The van der Waals surface area contributed by atoms with Gasteiger partial charge in [0.15, 0.2) is 0 Å². The molecule has 108 valence electrons. The molecule has 0 radical (unpaired) electrons. The minimum Gasteiger partial charge on any atom is -0.497 e. The van der Waals surface area contributed by atoms with E-state index in [1.54, 1.807) is 14.2 Å². The highest BCUT2D eigenvalue weighted by Gasteiger charge is 2.07. The topological polar surface area (TPSA) is 33.7 Å². The number of nitrogens with one attached hydrogen (secondary N) is 1. The first-order valence-corrected chi connectivity index (χ1v) is 6.81. The molecule has 4 heteroatoms. The zero-order valence-electron chi connectivity index (χ0n) is 12.5. The van der Waals surface area contributed by atoms with Gasteiger partial charge in [0.1, 0.15) is 11.5 Å². The molecule has 0 saturated heterocycles. The Kier molecular flexibility index (Phi) is 7.30. The molecule has 0 aliphatic rings. The van der Waals surface area contributed by atoms with Crippen LogP contribution in [0.4, 0.5) is 0 Å². The summed E-state index contributed by atoms with van der Waals surface area (Å²) >= 11 is 0. The van der Waals surface area contributed by atoms with Crippen LogP contribution in [0.2, 0.25) is 0 Å². The van der Waals surface area contributed by atoms with Gasteiger partial charge in [0.05, 0.1) is 14.2 Å². The van der Waals surface area contributed by atoms with E-state index in [2.05, 4.69) is 30.3 Å². The van der Waals surface area contributed by atoms with Crippen LogP contribution in [0.15, 0.2) is 18.2 Å². The number of rotatable bonds is 9. The highest BCUT2D eigenvalue weighted by atomic mass is 16.5. The Bertz CT molecular complexity index is 369. The van der Waals surface area contributed by atoms with E-state index < -0.39 is 0 Å². The number of nitrogens with zero attached hydrogens (tertiary/aromatic N) is 1. The minimum atomic E-state index is 0.827. The van der Waals surface area contributed by atoms with Gasteiger partial charge < -0.3 is 19.7 Å². The van der Waals surface area contributed by atoms with Crippen LogP contribution in [-0.4, -0.2) is 45.8 Å². The Labute approximate surface area is 116 Å². The standard InChI is InChI=1S/C15H26N2O2/c1-5-8-16-9-10-17(2)12-13-6-7-14(18-3)11-15(13)19-4/h6-7,11,16H,5,8-10,12H2,1-4H3. The molecule has 1 aromatic carbocycles. The molecule has 0 saturated carbocycles. The molecule has 0 bridgehead atoms. The van der Waals surface area contributed by atoms with Crippen molar-refractivity contribution in [1.82, 2.24) is 10.2 Å². The maximum atomic E-state index is 5.41. The van der Waals surface area contributed by atoms with Crippen LogP contribution in [0, 0.1) is 0 Å². The van der Waals surface area contributed by atoms with Crippen LogP contribution in [0.1, 0.15) is 18.9 Å². The zero-order valence-corrected chi connectivity index (χ0v) is 12.5. The summed E-state index contributed by atoms with van der Waals surface area (Å²) in [5, 5.41) is 3.41. The predicted molar refractivity (Wildman–Crippen MR) is 79.0 cm³/mol. The summed E-state index contributed by atoms with van der Waals surface area (Å²) < 4.78 is 10.6. The van der Waals surface area contributed by atoms with E-state index in [0.717, 1.165) is 37.7 Å². The molecule has 0 aliphatic carbocycles.